The van der Waals surface area contributed by atoms with Gasteiger partial charge in [0.15, 0.2) is 0 Å². The van der Waals surface area contributed by atoms with Crippen LogP contribution in [0.25, 0.3) is 0 Å². The fourth-order valence-corrected chi connectivity index (χ4v) is 6.64. The number of piperidine rings is 1. The average molecular weight is 634 g/mol. The van der Waals surface area contributed by atoms with Crippen molar-refractivity contribution < 1.29 is 32.2 Å². The van der Waals surface area contributed by atoms with E-state index in [4.69, 9.17) is 15.2 Å². The largest absolute Gasteiger partial charge is 0.463 e. The van der Waals surface area contributed by atoms with Crippen molar-refractivity contribution in [3.05, 3.63) is 130 Å². The van der Waals surface area contributed by atoms with Gasteiger partial charge in [-0.05, 0) is 62.5 Å². The highest BCUT2D eigenvalue weighted by Crippen LogP contribution is 2.44. The molecule has 5 rings (SSSR count). The lowest BCUT2D eigenvalue weighted by atomic mass is 9.68. The molecule has 3 aromatic rings. The van der Waals surface area contributed by atoms with Crippen LogP contribution in [-0.4, -0.2) is 49.7 Å². The van der Waals surface area contributed by atoms with Crippen LogP contribution in [0, 0.1) is 0 Å². The van der Waals surface area contributed by atoms with Gasteiger partial charge in [-0.3, -0.25) is 4.90 Å². The molecule has 2 aliphatic heterocycles. The van der Waals surface area contributed by atoms with Crippen LogP contribution in [-0.2, 0) is 30.7 Å². The number of hydrogen-bond acceptors (Lipinski definition) is 7. The van der Waals surface area contributed by atoms with Crippen LogP contribution in [0.5, 0.6) is 0 Å². The zero-order valence-electron chi connectivity index (χ0n) is 25.9. The Balaban J connectivity index is 1.34. The topological polar surface area (TPSA) is 93.9 Å². The monoisotopic (exact) mass is 633 g/mol. The van der Waals surface area contributed by atoms with Crippen molar-refractivity contribution in [2.45, 2.75) is 44.2 Å². The van der Waals surface area contributed by atoms with Gasteiger partial charge in [-0.15, -0.1) is 0 Å². The Labute approximate surface area is 266 Å². The van der Waals surface area contributed by atoms with Gasteiger partial charge in [-0.25, -0.2) is 9.59 Å². The number of carbonyl (C=O) groups is 2. The van der Waals surface area contributed by atoms with E-state index in [0.717, 1.165) is 32.0 Å². The number of halogens is 3. The molecule has 2 heterocycles. The summed E-state index contributed by atoms with van der Waals surface area (Å²) < 4.78 is 53.4. The molecule has 1 unspecified atom stereocenters. The van der Waals surface area contributed by atoms with Crippen LogP contribution in [0.1, 0.15) is 54.9 Å². The normalized spacial score (nSPS) is 18.6. The zero-order chi connectivity index (χ0) is 32.9. The summed E-state index contributed by atoms with van der Waals surface area (Å²) in [5.41, 5.74) is 7.06. The third-order valence-electron chi connectivity index (χ3n) is 8.89. The lowest BCUT2D eigenvalue weighted by Gasteiger charge is -2.43. The summed E-state index contributed by atoms with van der Waals surface area (Å²) in [5, 5.41) is 2.78. The second-order valence-corrected chi connectivity index (χ2v) is 11.5. The quantitative estimate of drug-likeness (QED) is 0.278. The summed E-state index contributed by atoms with van der Waals surface area (Å²) >= 11 is 0. The fourth-order valence-electron chi connectivity index (χ4n) is 6.64. The van der Waals surface area contributed by atoms with Crippen molar-refractivity contribution in [3.63, 3.8) is 0 Å². The van der Waals surface area contributed by atoms with Crippen molar-refractivity contribution in [2.75, 3.05) is 32.8 Å². The predicted molar refractivity (Wildman–Crippen MR) is 168 cm³/mol. The minimum atomic E-state index is -4.75. The molecule has 0 aliphatic carbocycles. The van der Waals surface area contributed by atoms with Crippen molar-refractivity contribution >= 4 is 11.9 Å². The minimum absolute atomic E-state index is 0.0147. The SMILES string of the molecule is CCOC(=O)C1=C(N)NC(C)=C(C(=O)OCCN2CCC(c3ccccc3)(c3ccccc3)CC2)C1c1ccccc1C(F)(F)F. The van der Waals surface area contributed by atoms with Crippen LogP contribution in [0.15, 0.2) is 108 Å². The Kier molecular flexibility index (Phi) is 9.86. The maximum atomic E-state index is 14.2. The molecule has 0 aromatic heterocycles. The van der Waals surface area contributed by atoms with E-state index >= 15 is 0 Å². The van der Waals surface area contributed by atoms with Crippen molar-refractivity contribution in [2.24, 2.45) is 5.73 Å². The van der Waals surface area contributed by atoms with Crippen LogP contribution >= 0.6 is 0 Å². The molecule has 10 heteroatoms. The van der Waals surface area contributed by atoms with E-state index in [0.29, 0.717) is 6.54 Å². The summed E-state index contributed by atoms with van der Waals surface area (Å²) in [6.07, 6.45) is -3.01. The highest BCUT2D eigenvalue weighted by Gasteiger charge is 2.44. The van der Waals surface area contributed by atoms with Gasteiger partial charge >= 0.3 is 18.1 Å². The highest BCUT2D eigenvalue weighted by molar-refractivity contribution is 6.00. The smallest absolute Gasteiger partial charge is 0.416 e. The maximum absolute atomic E-state index is 14.2. The number of hydrogen-bond donors (Lipinski definition) is 2. The second-order valence-electron chi connectivity index (χ2n) is 11.5. The number of carbonyl (C=O) groups excluding carboxylic acids is 2. The Morgan fingerprint density at radius 1 is 0.870 bits per heavy atom. The van der Waals surface area contributed by atoms with Crippen LogP contribution in [0.2, 0.25) is 0 Å². The molecular weight excluding hydrogens is 595 g/mol. The molecule has 0 spiro atoms. The molecule has 0 amide bonds. The van der Waals surface area contributed by atoms with Gasteiger partial charge in [-0.2, -0.15) is 13.2 Å². The fraction of sp³-hybridized carbons (Fsp3) is 0.333. The number of rotatable bonds is 9. The molecule has 7 nitrogen and oxygen atoms in total. The first kappa shape index (κ1) is 32.8. The molecule has 0 bridgehead atoms. The number of nitrogens with two attached hydrogens (primary N) is 1. The first-order valence-corrected chi connectivity index (χ1v) is 15.4. The van der Waals surface area contributed by atoms with E-state index < -0.39 is 29.6 Å². The Morgan fingerprint density at radius 3 is 1.98 bits per heavy atom. The average Bonchev–Trinajstić information content (AvgIpc) is 3.05. The van der Waals surface area contributed by atoms with E-state index in [1.54, 1.807) is 6.92 Å². The van der Waals surface area contributed by atoms with Gasteiger partial charge in [0.1, 0.15) is 12.4 Å². The lowest BCUT2D eigenvalue weighted by molar-refractivity contribution is -0.142. The molecular formula is C36H38F3N3O4. The van der Waals surface area contributed by atoms with Crippen molar-refractivity contribution in [1.29, 1.82) is 0 Å². The van der Waals surface area contributed by atoms with E-state index in [1.807, 2.05) is 12.1 Å². The standard InChI is InChI=1S/C36H38F3N3O4/c1-3-45-34(44)31-30(27-16-10-11-17-28(27)36(37,38)39)29(24(2)41-32(31)40)33(43)46-23-22-42-20-18-35(19-21-42,25-12-6-4-7-13-25)26-14-8-5-9-15-26/h4-17,30,41H,3,18-23,40H2,1-2H3. The molecule has 1 fully saturated rings. The molecule has 46 heavy (non-hydrogen) atoms. The number of allylic oxidation sites excluding steroid dienone is 1. The van der Waals surface area contributed by atoms with E-state index in [-0.39, 0.29) is 46.9 Å². The number of benzene rings is 3. The van der Waals surface area contributed by atoms with Crippen molar-refractivity contribution in [3.8, 4) is 0 Å². The van der Waals surface area contributed by atoms with E-state index in [2.05, 4.69) is 58.7 Å². The number of ether oxygens (including phenoxy) is 2. The van der Waals surface area contributed by atoms with Crippen LogP contribution < -0.4 is 11.1 Å². The van der Waals surface area contributed by atoms with Gasteiger partial charge in [0.25, 0.3) is 0 Å². The molecule has 242 valence electrons. The molecule has 0 radical (unpaired) electrons. The van der Waals surface area contributed by atoms with Crippen molar-refractivity contribution in [1.82, 2.24) is 10.2 Å². The molecule has 1 atom stereocenters. The molecule has 3 N–H and O–H groups in total. The van der Waals surface area contributed by atoms with Gasteiger partial charge in [0.2, 0.25) is 0 Å². The van der Waals surface area contributed by atoms with Gasteiger partial charge in [-0.1, -0.05) is 78.9 Å². The Morgan fingerprint density at radius 2 is 1.41 bits per heavy atom. The summed E-state index contributed by atoms with van der Waals surface area (Å²) in [6, 6.07) is 25.7. The third kappa shape index (κ3) is 6.67. The summed E-state index contributed by atoms with van der Waals surface area (Å²) in [4.78, 5) is 28.9. The lowest BCUT2D eigenvalue weighted by Crippen LogP contribution is -2.44. The predicted octanol–water partition coefficient (Wildman–Crippen LogP) is 6.02. The third-order valence-corrected chi connectivity index (χ3v) is 8.89. The number of nitrogens with one attached hydrogen (secondary N) is 1. The van der Waals surface area contributed by atoms with Gasteiger partial charge < -0.3 is 20.5 Å². The van der Waals surface area contributed by atoms with Gasteiger partial charge in [0.05, 0.1) is 29.2 Å². The minimum Gasteiger partial charge on any atom is -0.463 e. The van der Waals surface area contributed by atoms with Crippen LogP contribution in [0.4, 0.5) is 13.2 Å². The molecule has 0 saturated carbocycles. The zero-order valence-corrected chi connectivity index (χ0v) is 25.9. The van der Waals surface area contributed by atoms with Crippen LogP contribution in [0.3, 0.4) is 0 Å². The summed E-state index contributed by atoms with van der Waals surface area (Å²) in [5.74, 6) is -3.37. The first-order chi connectivity index (χ1) is 22.1. The molecule has 1 saturated heterocycles. The second kappa shape index (κ2) is 13.8. The Bertz CT molecular complexity index is 1570. The van der Waals surface area contributed by atoms with E-state index in [1.165, 1.54) is 36.2 Å². The van der Waals surface area contributed by atoms with Gasteiger partial charge in [0, 0.05) is 17.7 Å². The number of nitrogens with zero attached hydrogens (tertiary/aromatic N) is 1. The maximum Gasteiger partial charge on any atom is 0.416 e. The van der Waals surface area contributed by atoms with E-state index in [9.17, 15) is 22.8 Å². The first-order valence-electron chi connectivity index (χ1n) is 15.4. The molecule has 2 aliphatic rings. The number of likely N-dealkylation sites (tertiary alicyclic amines) is 1. The number of alkyl halides is 3. The number of dihydropyridines is 1. The summed E-state index contributed by atoms with van der Waals surface area (Å²) in [6.45, 7) is 5.04. The highest BCUT2D eigenvalue weighted by atomic mass is 19.4. The Hall–Kier alpha value is -4.57. The molecule has 3 aromatic carbocycles. The number of esters is 2. The summed E-state index contributed by atoms with van der Waals surface area (Å²) in [7, 11) is 0.